The van der Waals surface area contributed by atoms with Crippen LogP contribution in [-0.4, -0.2) is 67.5 Å². The molecule has 6 nitrogen and oxygen atoms in total. The molecule has 154 valence electrons. The van der Waals surface area contributed by atoms with Crippen LogP contribution >= 0.6 is 0 Å². The molecular weight excluding hydrogens is 357 g/mol. The molecule has 0 aliphatic carbocycles. The molecule has 3 heterocycles. The van der Waals surface area contributed by atoms with Crippen LogP contribution in [0.1, 0.15) is 41.5 Å². The van der Waals surface area contributed by atoms with Gasteiger partial charge in [-0.25, -0.2) is 0 Å². The standard InChI is InChI=1S/C21H32BNO5/c1-19(2)20(3,4)28-22(27-19)15-7-9-16(10-8-15)25-17-11-23(12-17)13-18-14-24-21(5,6)26-18/h7-10,17-18H,11-14H2,1-6H3. The van der Waals surface area contributed by atoms with Crippen LogP contribution in [0.5, 0.6) is 5.75 Å². The predicted molar refractivity (Wildman–Crippen MR) is 108 cm³/mol. The molecule has 0 spiro atoms. The number of benzene rings is 1. The lowest BCUT2D eigenvalue weighted by Crippen LogP contribution is -2.56. The van der Waals surface area contributed by atoms with Crippen molar-refractivity contribution < 1.29 is 23.5 Å². The van der Waals surface area contributed by atoms with Crippen molar-refractivity contribution in [3.05, 3.63) is 24.3 Å². The molecule has 0 aromatic heterocycles. The van der Waals surface area contributed by atoms with E-state index in [2.05, 4.69) is 32.6 Å². The first-order valence-corrected chi connectivity index (χ1v) is 10.2. The quantitative estimate of drug-likeness (QED) is 0.720. The molecule has 1 aromatic rings. The molecule has 0 radical (unpaired) electrons. The van der Waals surface area contributed by atoms with Gasteiger partial charge in [0.05, 0.1) is 23.9 Å². The largest absolute Gasteiger partial charge is 0.494 e. The van der Waals surface area contributed by atoms with Crippen molar-refractivity contribution in [3.63, 3.8) is 0 Å². The van der Waals surface area contributed by atoms with E-state index in [9.17, 15) is 0 Å². The summed E-state index contributed by atoms with van der Waals surface area (Å²) >= 11 is 0. The Morgan fingerprint density at radius 1 is 1.00 bits per heavy atom. The molecule has 1 atom stereocenters. The molecule has 0 saturated carbocycles. The maximum Gasteiger partial charge on any atom is 0.494 e. The van der Waals surface area contributed by atoms with E-state index in [1.165, 1.54) is 0 Å². The van der Waals surface area contributed by atoms with Crippen LogP contribution in [0, 0.1) is 0 Å². The highest BCUT2D eigenvalue weighted by atomic mass is 16.7. The summed E-state index contributed by atoms with van der Waals surface area (Å²) in [6.45, 7) is 15.6. The van der Waals surface area contributed by atoms with E-state index < -0.39 is 5.79 Å². The summed E-state index contributed by atoms with van der Waals surface area (Å²) in [6, 6.07) is 8.05. The predicted octanol–water partition coefficient (Wildman–Crippen LogP) is 2.20. The zero-order valence-electron chi connectivity index (χ0n) is 17.9. The molecule has 3 aliphatic rings. The summed E-state index contributed by atoms with van der Waals surface area (Å²) in [7, 11) is -0.337. The Labute approximate surface area is 168 Å². The van der Waals surface area contributed by atoms with Crippen molar-refractivity contribution in [3.8, 4) is 5.75 Å². The Hall–Kier alpha value is -1.12. The molecule has 0 bridgehead atoms. The average molecular weight is 389 g/mol. The fourth-order valence-electron chi connectivity index (χ4n) is 3.76. The van der Waals surface area contributed by atoms with Gasteiger partial charge >= 0.3 is 7.12 Å². The Kier molecular flexibility index (Phi) is 5.04. The van der Waals surface area contributed by atoms with Crippen LogP contribution in [-0.2, 0) is 18.8 Å². The highest BCUT2D eigenvalue weighted by Gasteiger charge is 2.51. The van der Waals surface area contributed by atoms with Crippen molar-refractivity contribution >= 4 is 12.6 Å². The molecular formula is C21H32BNO5. The fraction of sp³-hybridized carbons (Fsp3) is 0.714. The van der Waals surface area contributed by atoms with Crippen LogP contribution in [0.25, 0.3) is 0 Å². The number of hydrogen-bond acceptors (Lipinski definition) is 6. The van der Waals surface area contributed by atoms with Gasteiger partial charge in [-0.1, -0.05) is 12.1 Å². The topological polar surface area (TPSA) is 49.4 Å². The van der Waals surface area contributed by atoms with Gasteiger partial charge in [0.15, 0.2) is 5.79 Å². The van der Waals surface area contributed by atoms with Gasteiger partial charge in [0.1, 0.15) is 11.9 Å². The highest BCUT2D eigenvalue weighted by Crippen LogP contribution is 2.36. The summed E-state index contributed by atoms with van der Waals surface area (Å²) in [5, 5.41) is 0. The van der Waals surface area contributed by atoms with Gasteiger partial charge in [-0.15, -0.1) is 0 Å². The lowest BCUT2D eigenvalue weighted by Gasteiger charge is -2.40. The van der Waals surface area contributed by atoms with E-state index in [0.717, 1.165) is 30.8 Å². The first kappa shape index (κ1) is 20.2. The van der Waals surface area contributed by atoms with Gasteiger partial charge in [0, 0.05) is 19.6 Å². The fourth-order valence-corrected chi connectivity index (χ4v) is 3.76. The zero-order chi connectivity index (χ0) is 20.2. The van der Waals surface area contributed by atoms with Crippen molar-refractivity contribution in [2.24, 2.45) is 0 Å². The average Bonchev–Trinajstić information content (AvgIpc) is 3.01. The van der Waals surface area contributed by atoms with Gasteiger partial charge in [-0.2, -0.15) is 0 Å². The molecule has 0 N–H and O–H groups in total. The minimum absolute atomic E-state index is 0.148. The second-order valence-electron chi connectivity index (χ2n) is 9.57. The van der Waals surface area contributed by atoms with E-state index >= 15 is 0 Å². The normalized spacial score (nSPS) is 29.1. The van der Waals surface area contributed by atoms with Crippen molar-refractivity contribution in [1.29, 1.82) is 0 Å². The SMILES string of the molecule is CC1(C)OCC(CN2CC(Oc3ccc(B4OC(C)(C)C(C)(C)O4)cc3)C2)O1. The third-order valence-corrected chi connectivity index (χ3v) is 6.16. The number of rotatable bonds is 5. The molecule has 4 rings (SSSR count). The molecule has 1 unspecified atom stereocenters. The van der Waals surface area contributed by atoms with Gasteiger partial charge in [-0.3, -0.25) is 4.90 Å². The zero-order valence-corrected chi connectivity index (χ0v) is 17.9. The minimum atomic E-state index is -0.454. The van der Waals surface area contributed by atoms with Gasteiger partial charge < -0.3 is 23.5 Å². The molecule has 28 heavy (non-hydrogen) atoms. The lowest BCUT2D eigenvalue weighted by atomic mass is 9.79. The smallest absolute Gasteiger partial charge is 0.488 e. The van der Waals surface area contributed by atoms with Crippen LogP contribution < -0.4 is 10.2 Å². The number of likely N-dealkylation sites (tertiary alicyclic amines) is 1. The van der Waals surface area contributed by atoms with Crippen LogP contribution in [0.4, 0.5) is 0 Å². The summed E-state index contributed by atoms with van der Waals surface area (Å²) in [4.78, 5) is 2.35. The Morgan fingerprint density at radius 2 is 1.61 bits per heavy atom. The first-order valence-electron chi connectivity index (χ1n) is 10.2. The van der Waals surface area contributed by atoms with E-state index in [1.54, 1.807) is 0 Å². The summed E-state index contributed by atoms with van der Waals surface area (Å²) in [5.41, 5.74) is 0.360. The van der Waals surface area contributed by atoms with Crippen molar-refractivity contribution in [2.45, 2.75) is 70.7 Å². The van der Waals surface area contributed by atoms with E-state index in [-0.39, 0.29) is 30.5 Å². The second kappa shape index (κ2) is 6.99. The van der Waals surface area contributed by atoms with E-state index in [0.29, 0.717) is 6.61 Å². The highest BCUT2D eigenvalue weighted by molar-refractivity contribution is 6.62. The maximum absolute atomic E-state index is 6.10. The van der Waals surface area contributed by atoms with Crippen LogP contribution in [0.2, 0.25) is 0 Å². The third kappa shape index (κ3) is 4.09. The van der Waals surface area contributed by atoms with Crippen molar-refractivity contribution in [1.82, 2.24) is 4.90 Å². The molecule has 3 saturated heterocycles. The Balaban J connectivity index is 1.24. The second-order valence-corrected chi connectivity index (χ2v) is 9.57. The monoisotopic (exact) mass is 389 g/mol. The first-order chi connectivity index (χ1) is 13.0. The third-order valence-electron chi connectivity index (χ3n) is 6.16. The molecule has 1 aromatic carbocycles. The van der Waals surface area contributed by atoms with Gasteiger partial charge in [-0.05, 0) is 59.1 Å². The van der Waals surface area contributed by atoms with Gasteiger partial charge in [0.2, 0.25) is 0 Å². The number of hydrogen-bond donors (Lipinski definition) is 0. The molecule has 7 heteroatoms. The molecule has 3 fully saturated rings. The van der Waals surface area contributed by atoms with E-state index in [1.807, 2.05) is 38.1 Å². The van der Waals surface area contributed by atoms with Gasteiger partial charge in [0.25, 0.3) is 0 Å². The van der Waals surface area contributed by atoms with Crippen LogP contribution in [0.15, 0.2) is 24.3 Å². The molecule has 0 amide bonds. The maximum atomic E-state index is 6.10. The number of nitrogens with zero attached hydrogens (tertiary/aromatic N) is 1. The Bertz CT molecular complexity index is 683. The summed E-state index contributed by atoms with van der Waals surface area (Å²) < 4.78 is 29.8. The van der Waals surface area contributed by atoms with Crippen molar-refractivity contribution in [2.75, 3.05) is 26.2 Å². The van der Waals surface area contributed by atoms with Crippen LogP contribution in [0.3, 0.4) is 0 Å². The summed E-state index contributed by atoms with van der Waals surface area (Å²) in [5.74, 6) is 0.427. The summed E-state index contributed by atoms with van der Waals surface area (Å²) in [6.07, 6.45) is 0.369. The molecule has 3 aliphatic heterocycles. The number of ether oxygens (including phenoxy) is 3. The lowest BCUT2D eigenvalue weighted by molar-refractivity contribution is -0.143. The minimum Gasteiger partial charge on any atom is -0.488 e. The Morgan fingerprint density at radius 3 is 2.14 bits per heavy atom. The van der Waals surface area contributed by atoms with E-state index in [4.69, 9.17) is 23.5 Å².